The molecule has 0 spiro atoms. The number of rotatable bonds is 10. The number of thioether (sulfide) groups is 1. The number of unbranched alkanes of at least 4 members (excludes halogenated alkanes) is 2. The van der Waals surface area contributed by atoms with Crippen molar-refractivity contribution in [2.24, 2.45) is 0 Å². The highest BCUT2D eigenvalue weighted by molar-refractivity contribution is 7.99. The van der Waals surface area contributed by atoms with E-state index in [0.29, 0.717) is 15.3 Å². The lowest BCUT2D eigenvalue weighted by atomic mass is 10.1. The summed E-state index contributed by atoms with van der Waals surface area (Å²) in [5, 5.41) is 1.93. The summed E-state index contributed by atoms with van der Waals surface area (Å²) in [6.45, 7) is 3.29. The first kappa shape index (κ1) is 18.7. The zero-order chi connectivity index (χ0) is 16.5. The predicted molar refractivity (Wildman–Crippen MR) is 103 cm³/mol. The highest BCUT2D eigenvalue weighted by Gasteiger charge is 2.10. The van der Waals surface area contributed by atoms with Gasteiger partial charge in [0.2, 0.25) is 0 Å². The van der Waals surface area contributed by atoms with Gasteiger partial charge in [-0.05, 0) is 30.5 Å². The number of aromatic nitrogens is 2. The SMILES string of the molecule is CCCCCC(CCn1ccnc1)SCc1ccc(Cl)c(Cl)c1. The molecule has 126 valence electrons. The van der Waals surface area contributed by atoms with Crippen molar-refractivity contribution in [3.05, 3.63) is 52.5 Å². The van der Waals surface area contributed by atoms with Crippen molar-refractivity contribution in [2.45, 2.75) is 56.6 Å². The maximum Gasteiger partial charge on any atom is 0.0945 e. The van der Waals surface area contributed by atoms with Crippen LogP contribution in [0, 0.1) is 0 Å². The molecule has 1 aromatic heterocycles. The van der Waals surface area contributed by atoms with E-state index in [4.69, 9.17) is 23.2 Å². The van der Waals surface area contributed by atoms with E-state index in [1.165, 1.54) is 37.7 Å². The van der Waals surface area contributed by atoms with E-state index in [9.17, 15) is 0 Å². The van der Waals surface area contributed by atoms with Crippen molar-refractivity contribution < 1.29 is 0 Å². The minimum absolute atomic E-state index is 0.625. The van der Waals surface area contributed by atoms with Crippen LogP contribution >= 0.6 is 35.0 Å². The Morgan fingerprint density at radius 1 is 1.17 bits per heavy atom. The molecule has 0 radical (unpaired) electrons. The molecule has 0 fully saturated rings. The number of nitrogens with zero attached hydrogens (tertiary/aromatic N) is 2. The molecule has 2 aromatic rings. The van der Waals surface area contributed by atoms with Crippen LogP contribution in [0.4, 0.5) is 0 Å². The van der Waals surface area contributed by atoms with Crippen LogP contribution in [0.25, 0.3) is 0 Å². The number of imidazole rings is 1. The van der Waals surface area contributed by atoms with Gasteiger partial charge in [-0.25, -0.2) is 4.98 Å². The Balaban J connectivity index is 1.85. The molecule has 0 saturated carbocycles. The van der Waals surface area contributed by atoms with E-state index in [1.54, 1.807) is 0 Å². The fourth-order valence-electron chi connectivity index (χ4n) is 2.49. The Morgan fingerprint density at radius 3 is 2.74 bits per heavy atom. The Hall–Kier alpha value is -0.640. The van der Waals surface area contributed by atoms with E-state index in [0.717, 1.165) is 12.3 Å². The molecular formula is C18H24Cl2N2S. The fourth-order valence-corrected chi connectivity index (χ4v) is 4.02. The number of hydrogen-bond acceptors (Lipinski definition) is 2. The maximum atomic E-state index is 6.11. The number of aryl methyl sites for hydroxylation is 1. The van der Waals surface area contributed by atoms with Crippen molar-refractivity contribution in [1.29, 1.82) is 0 Å². The summed E-state index contributed by atoms with van der Waals surface area (Å²) in [6.07, 6.45) is 12.1. The summed E-state index contributed by atoms with van der Waals surface area (Å²) < 4.78 is 2.16. The summed E-state index contributed by atoms with van der Waals surface area (Å²) in [6, 6.07) is 5.94. The molecule has 0 saturated heterocycles. The standard InChI is InChI=1S/C18H24Cl2N2S/c1-2-3-4-5-16(8-10-22-11-9-21-14-22)23-13-15-6-7-17(19)18(20)12-15/h6-7,9,11-12,14,16H,2-5,8,10,13H2,1H3. The zero-order valence-electron chi connectivity index (χ0n) is 13.5. The summed E-state index contributed by atoms with van der Waals surface area (Å²) in [7, 11) is 0. The van der Waals surface area contributed by atoms with E-state index < -0.39 is 0 Å². The molecule has 1 aromatic carbocycles. The monoisotopic (exact) mass is 370 g/mol. The van der Waals surface area contributed by atoms with Gasteiger partial charge < -0.3 is 4.57 Å². The molecule has 0 aliphatic rings. The number of hydrogen-bond donors (Lipinski definition) is 0. The Labute approximate surface area is 153 Å². The molecule has 0 bridgehead atoms. The second-order valence-electron chi connectivity index (χ2n) is 5.77. The first-order valence-electron chi connectivity index (χ1n) is 8.20. The lowest BCUT2D eigenvalue weighted by Gasteiger charge is -2.17. The second-order valence-corrected chi connectivity index (χ2v) is 7.87. The van der Waals surface area contributed by atoms with E-state index in [2.05, 4.69) is 22.5 Å². The zero-order valence-corrected chi connectivity index (χ0v) is 15.9. The second kappa shape index (κ2) is 10.3. The van der Waals surface area contributed by atoms with Crippen LogP contribution in [0.15, 0.2) is 36.9 Å². The highest BCUT2D eigenvalue weighted by Crippen LogP contribution is 2.29. The van der Waals surface area contributed by atoms with Crippen LogP contribution in [-0.2, 0) is 12.3 Å². The average molecular weight is 371 g/mol. The van der Waals surface area contributed by atoms with Crippen LogP contribution in [0.5, 0.6) is 0 Å². The minimum atomic E-state index is 0.625. The number of benzene rings is 1. The summed E-state index contributed by atoms with van der Waals surface area (Å²) in [5.74, 6) is 0.984. The molecule has 1 unspecified atom stereocenters. The van der Waals surface area contributed by atoms with Crippen molar-refractivity contribution in [3.63, 3.8) is 0 Å². The largest absolute Gasteiger partial charge is 0.337 e. The third-order valence-electron chi connectivity index (χ3n) is 3.87. The van der Waals surface area contributed by atoms with Crippen molar-refractivity contribution >= 4 is 35.0 Å². The van der Waals surface area contributed by atoms with E-state index >= 15 is 0 Å². The van der Waals surface area contributed by atoms with Crippen LogP contribution in [0.3, 0.4) is 0 Å². The quantitative estimate of drug-likeness (QED) is 0.446. The van der Waals surface area contributed by atoms with Crippen molar-refractivity contribution in [3.8, 4) is 0 Å². The Bertz CT molecular complexity index is 572. The molecule has 23 heavy (non-hydrogen) atoms. The molecular weight excluding hydrogens is 347 g/mol. The van der Waals surface area contributed by atoms with Gasteiger partial charge in [-0.3, -0.25) is 0 Å². The summed E-state index contributed by atoms with van der Waals surface area (Å²) >= 11 is 14.1. The van der Waals surface area contributed by atoms with Gasteiger partial charge in [-0.2, -0.15) is 11.8 Å². The fraction of sp³-hybridized carbons (Fsp3) is 0.500. The van der Waals surface area contributed by atoms with Gasteiger partial charge in [0, 0.05) is 29.9 Å². The minimum Gasteiger partial charge on any atom is -0.337 e. The molecule has 0 aliphatic heterocycles. The van der Waals surface area contributed by atoms with Gasteiger partial charge in [-0.1, -0.05) is 55.5 Å². The lowest BCUT2D eigenvalue weighted by molar-refractivity contribution is 0.569. The lowest BCUT2D eigenvalue weighted by Crippen LogP contribution is -2.08. The van der Waals surface area contributed by atoms with Gasteiger partial charge in [0.05, 0.1) is 16.4 Å². The average Bonchev–Trinajstić information content (AvgIpc) is 3.06. The first-order valence-corrected chi connectivity index (χ1v) is 10.0. The maximum absolute atomic E-state index is 6.11. The molecule has 0 aliphatic carbocycles. The first-order chi connectivity index (χ1) is 11.2. The molecule has 2 rings (SSSR count). The van der Waals surface area contributed by atoms with Crippen LogP contribution in [-0.4, -0.2) is 14.8 Å². The van der Waals surface area contributed by atoms with Crippen LogP contribution < -0.4 is 0 Å². The van der Waals surface area contributed by atoms with Gasteiger partial charge in [-0.15, -0.1) is 0 Å². The van der Waals surface area contributed by atoms with Crippen molar-refractivity contribution in [1.82, 2.24) is 9.55 Å². The molecule has 0 N–H and O–H groups in total. The molecule has 1 atom stereocenters. The molecule has 5 heteroatoms. The van der Waals surface area contributed by atoms with Gasteiger partial charge in [0.1, 0.15) is 0 Å². The molecule has 1 heterocycles. The normalized spacial score (nSPS) is 12.5. The Morgan fingerprint density at radius 2 is 2.04 bits per heavy atom. The number of halogens is 2. The van der Waals surface area contributed by atoms with E-state index in [-0.39, 0.29) is 0 Å². The third-order valence-corrected chi connectivity index (χ3v) is 6.05. The van der Waals surface area contributed by atoms with Gasteiger partial charge in [0.25, 0.3) is 0 Å². The van der Waals surface area contributed by atoms with Crippen LogP contribution in [0.2, 0.25) is 10.0 Å². The van der Waals surface area contributed by atoms with Crippen LogP contribution in [0.1, 0.15) is 44.6 Å². The smallest absolute Gasteiger partial charge is 0.0945 e. The molecule has 2 nitrogen and oxygen atoms in total. The van der Waals surface area contributed by atoms with Crippen molar-refractivity contribution in [2.75, 3.05) is 0 Å². The summed E-state index contributed by atoms with van der Waals surface area (Å²) in [5.41, 5.74) is 1.24. The van der Waals surface area contributed by atoms with Gasteiger partial charge in [0.15, 0.2) is 0 Å². The van der Waals surface area contributed by atoms with Gasteiger partial charge >= 0.3 is 0 Å². The highest BCUT2D eigenvalue weighted by atomic mass is 35.5. The predicted octanol–water partition coefficient (Wildman–Crippen LogP) is 6.46. The van der Waals surface area contributed by atoms with E-state index in [1.807, 2.05) is 42.6 Å². The topological polar surface area (TPSA) is 17.8 Å². The molecule has 0 amide bonds. The Kier molecular flexibility index (Phi) is 8.35. The third kappa shape index (κ3) is 6.78. The summed E-state index contributed by atoms with van der Waals surface area (Å²) in [4.78, 5) is 4.12.